The number of benzene rings is 2. The molecule has 1 aliphatic heterocycles. The molecule has 142 valence electrons. The summed E-state index contributed by atoms with van der Waals surface area (Å²) in [6.07, 6.45) is 0.826. The molecule has 0 aromatic heterocycles. The van der Waals surface area contributed by atoms with Crippen LogP contribution in [0.5, 0.6) is 0 Å². The van der Waals surface area contributed by atoms with Gasteiger partial charge in [0, 0.05) is 12.5 Å². The van der Waals surface area contributed by atoms with Crippen molar-refractivity contribution in [3.05, 3.63) is 59.7 Å². The molecule has 0 spiro atoms. The molecular formula is C22H25NO3S. The molecule has 1 heterocycles. The van der Waals surface area contributed by atoms with E-state index in [2.05, 4.69) is 18.2 Å². The second kappa shape index (κ2) is 8.24. The summed E-state index contributed by atoms with van der Waals surface area (Å²) >= 11 is 0. The van der Waals surface area contributed by atoms with Crippen LogP contribution in [0.4, 0.5) is 0 Å². The number of nitrogens with zero attached hydrogens (tertiary/aromatic N) is 1. The van der Waals surface area contributed by atoms with Crippen LogP contribution in [0.3, 0.4) is 0 Å². The van der Waals surface area contributed by atoms with Crippen LogP contribution in [0.25, 0.3) is 11.1 Å². The molecule has 27 heavy (non-hydrogen) atoms. The zero-order valence-corrected chi connectivity index (χ0v) is 16.6. The van der Waals surface area contributed by atoms with Gasteiger partial charge < -0.3 is 4.74 Å². The van der Waals surface area contributed by atoms with Gasteiger partial charge >= 0.3 is 0 Å². The Morgan fingerprint density at radius 2 is 1.85 bits per heavy atom. The molecule has 5 heteroatoms. The molecule has 0 unspecified atom stereocenters. The predicted octanol–water partition coefficient (Wildman–Crippen LogP) is 4.17. The molecular weight excluding hydrogens is 358 g/mol. The minimum Gasteiger partial charge on any atom is -0.381 e. The zero-order valence-electron chi connectivity index (χ0n) is 15.8. The quantitative estimate of drug-likeness (QED) is 0.777. The minimum atomic E-state index is -3.11. The summed E-state index contributed by atoms with van der Waals surface area (Å²) in [4.78, 5) is 0. The Balaban J connectivity index is 1.85. The number of rotatable bonds is 5. The molecule has 0 N–H and O–H groups in total. The van der Waals surface area contributed by atoms with Gasteiger partial charge in [-0.3, -0.25) is 0 Å². The van der Waals surface area contributed by atoms with E-state index in [-0.39, 0.29) is 22.8 Å². The first kappa shape index (κ1) is 19.6. The van der Waals surface area contributed by atoms with Crippen molar-refractivity contribution in [3.8, 4) is 17.2 Å². The van der Waals surface area contributed by atoms with Crippen molar-refractivity contribution in [2.75, 3.05) is 19.0 Å². The Bertz CT molecular complexity index is 927. The number of nitriles is 1. The lowest BCUT2D eigenvalue weighted by Gasteiger charge is -2.32. The van der Waals surface area contributed by atoms with Gasteiger partial charge in [-0.25, -0.2) is 8.42 Å². The van der Waals surface area contributed by atoms with Crippen molar-refractivity contribution in [3.63, 3.8) is 0 Å². The molecule has 0 amide bonds. The highest BCUT2D eigenvalue weighted by molar-refractivity contribution is 7.91. The third kappa shape index (κ3) is 4.40. The summed E-state index contributed by atoms with van der Waals surface area (Å²) in [5.74, 6) is 0.310. The molecule has 0 radical (unpaired) electrons. The second-order valence-electron chi connectivity index (χ2n) is 7.39. The van der Waals surface area contributed by atoms with Crippen LogP contribution >= 0.6 is 0 Å². The first-order valence-corrected chi connectivity index (χ1v) is 11.0. The number of hydrogen-bond donors (Lipinski definition) is 0. The van der Waals surface area contributed by atoms with Crippen LogP contribution in [-0.2, 0) is 14.6 Å². The molecule has 0 aliphatic carbocycles. The summed E-state index contributed by atoms with van der Waals surface area (Å²) in [7, 11) is -3.11. The maximum Gasteiger partial charge on any atom is 0.153 e. The standard InChI is InChI=1S/C22H25NO3S/c1-16(2)27(24,25)15-20-14-26-12-11-22(20)18-9-7-17(8-10-18)21-6-4-3-5-19(21)13-23/h3-10,16,20,22H,11-12,14-15H2,1-2H3/t20-,22-/m0/s1. The van der Waals surface area contributed by atoms with Crippen molar-refractivity contribution in [1.29, 1.82) is 5.26 Å². The Kier molecular flexibility index (Phi) is 5.98. The summed E-state index contributed by atoms with van der Waals surface area (Å²) in [5.41, 5.74) is 3.70. The van der Waals surface area contributed by atoms with Crippen LogP contribution < -0.4 is 0 Å². The molecule has 1 fully saturated rings. The highest BCUT2D eigenvalue weighted by atomic mass is 32.2. The van der Waals surface area contributed by atoms with Crippen LogP contribution in [0.15, 0.2) is 48.5 Å². The normalized spacial score (nSPS) is 20.4. The van der Waals surface area contributed by atoms with E-state index in [1.807, 2.05) is 36.4 Å². The van der Waals surface area contributed by atoms with Crippen molar-refractivity contribution in [2.45, 2.75) is 31.4 Å². The lowest BCUT2D eigenvalue weighted by Crippen LogP contribution is -2.34. The van der Waals surface area contributed by atoms with Crippen molar-refractivity contribution >= 4 is 9.84 Å². The number of sulfone groups is 1. The number of ether oxygens (including phenoxy) is 1. The van der Waals surface area contributed by atoms with Crippen LogP contribution in [0.1, 0.15) is 37.3 Å². The fourth-order valence-corrected chi connectivity index (χ4v) is 4.94. The average Bonchev–Trinajstić information content (AvgIpc) is 2.68. The van der Waals surface area contributed by atoms with Gasteiger partial charge in [0.2, 0.25) is 0 Å². The third-order valence-electron chi connectivity index (χ3n) is 5.34. The molecule has 4 nitrogen and oxygen atoms in total. The second-order valence-corrected chi connectivity index (χ2v) is 9.99. The molecule has 3 rings (SSSR count). The smallest absolute Gasteiger partial charge is 0.153 e. The highest BCUT2D eigenvalue weighted by Crippen LogP contribution is 2.35. The fraction of sp³-hybridized carbons (Fsp3) is 0.409. The van der Waals surface area contributed by atoms with E-state index in [1.165, 1.54) is 0 Å². The zero-order chi connectivity index (χ0) is 19.4. The Hall–Kier alpha value is -2.16. The summed E-state index contributed by atoms with van der Waals surface area (Å²) in [6, 6.07) is 17.9. The summed E-state index contributed by atoms with van der Waals surface area (Å²) in [5, 5.41) is 8.93. The molecule has 2 aromatic rings. The summed E-state index contributed by atoms with van der Waals surface area (Å²) in [6.45, 7) is 4.60. The first-order chi connectivity index (χ1) is 12.9. The topological polar surface area (TPSA) is 67.2 Å². The molecule has 0 saturated carbocycles. The van der Waals surface area contributed by atoms with Gasteiger partial charge in [0.15, 0.2) is 9.84 Å². The van der Waals surface area contributed by atoms with Crippen LogP contribution in [0.2, 0.25) is 0 Å². The van der Waals surface area contributed by atoms with Gasteiger partial charge in [-0.1, -0.05) is 42.5 Å². The van der Waals surface area contributed by atoms with Crippen LogP contribution in [0, 0.1) is 17.2 Å². The fourth-order valence-electron chi connectivity index (χ4n) is 3.63. The number of hydrogen-bond acceptors (Lipinski definition) is 4. The van der Waals surface area contributed by atoms with Gasteiger partial charge in [-0.15, -0.1) is 0 Å². The lowest BCUT2D eigenvalue weighted by atomic mass is 9.83. The van der Waals surface area contributed by atoms with Gasteiger partial charge in [0.25, 0.3) is 0 Å². The SMILES string of the molecule is CC(C)S(=O)(=O)C[C@@H]1COCC[C@H]1c1ccc(-c2ccccc2C#N)cc1. The van der Waals surface area contributed by atoms with Gasteiger partial charge in [0.1, 0.15) is 0 Å². The molecule has 1 aliphatic rings. The highest BCUT2D eigenvalue weighted by Gasteiger charge is 2.32. The van der Waals surface area contributed by atoms with Crippen molar-refractivity contribution in [2.24, 2.45) is 5.92 Å². The van der Waals surface area contributed by atoms with E-state index in [0.29, 0.717) is 18.8 Å². The predicted molar refractivity (Wildman–Crippen MR) is 107 cm³/mol. The molecule has 0 bridgehead atoms. The van der Waals surface area contributed by atoms with Gasteiger partial charge in [0.05, 0.1) is 29.2 Å². The minimum absolute atomic E-state index is 0.0246. The van der Waals surface area contributed by atoms with Crippen LogP contribution in [-0.4, -0.2) is 32.6 Å². The maximum atomic E-state index is 12.4. The van der Waals surface area contributed by atoms with E-state index < -0.39 is 9.84 Å². The third-order valence-corrected chi connectivity index (χ3v) is 7.67. The van der Waals surface area contributed by atoms with Crippen molar-refractivity contribution in [1.82, 2.24) is 0 Å². The maximum absolute atomic E-state index is 12.4. The lowest BCUT2D eigenvalue weighted by molar-refractivity contribution is 0.0483. The molecule has 2 atom stereocenters. The average molecular weight is 384 g/mol. The van der Waals surface area contributed by atoms with E-state index in [1.54, 1.807) is 13.8 Å². The molecule has 2 aromatic carbocycles. The Morgan fingerprint density at radius 3 is 2.52 bits per heavy atom. The van der Waals surface area contributed by atoms with Crippen molar-refractivity contribution < 1.29 is 13.2 Å². The Morgan fingerprint density at radius 1 is 1.15 bits per heavy atom. The Labute approximate surface area is 161 Å². The summed E-state index contributed by atoms with van der Waals surface area (Å²) < 4.78 is 30.4. The first-order valence-electron chi connectivity index (χ1n) is 9.31. The van der Waals surface area contributed by atoms with Gasteiger partial charge in [-0.05, 0) is 48.9 Å². The van der Waals surface area contributed by atoms with E-state index in [9.17, 15) is 13.7 Å². The monoisotopic (exact) mass is 383 g/mol. The van der Waals surface area contributed by atoms with E-state index >= 15 is 0 Å². The molecule has 1 saturated heterocycles. The van der Waals surface area contributed by atoms with Gasteiger partial charge in [-0.2, -0.15) is 5.26 Å². The van der Waals surface area contributed by atoms with E-state index in [4.69, 9.17) is 4.74 Å². The van der Waals surface area contributed by atoms with E-state index in [0.717, 1.165) is 23.1 Å². The largest absolute Gasteiger partial charge is 0.381 e.